The minimum atomic E-state index is -0.262. The van der Waals surface area contributed by atoms with Gasteiger partial charge in [-0.1, -0.05) is 31.4 Å². The molecule has 2 fully saturated rings. The number of carbonyl (C=O) groups is 3. The highest BCUT2D eigenvalue weighted by atomic mass is 16.2. The smallest absolute Gasteiger partial charge is 0.255 e. The van der Waals surface area contributed by atoms with Crippen LogP contribution in [-0.2, 0) is 9.59 Å². The number of rotatable bonds is 6. The lowest BCUT2D eigenvalue weighted by Crippen LogP contribution is -2.24. The van der Waals surface area contributed by atoms with Crippen molar-refractivity contribution in [3.05, 3.63) is 53.6 Å². The van der Waals surface area contributed by atoms with Gasteiger partial charge in [-0.25, -0.2) is 0 Å². The Balaban J connectivity index is 1.42. The Labute approximate surface area is 182 Å². The van der Waals surface area contributed by atoms with Gasteiger partial charge < -0.3 is 16.0 Å². The Morgan fingerprint density at radius 3 is 2.06 bits per heavy atom. The second kappa shape index (κ2) is 9.33. The van der Waals surface area contributed by atoms with Crippen LogP contribution in [0.3, 0.4) is 0 Å². The third-order valence-electron chi connectivity index (χ3n) is 6.07. The maximum absolute atomic E-state index is 12.8. The molecule has 2 saturated carbocycles. The molecule has 0 radical (unpaired) electrons. The highest BCUT2D eigenvalue weighted by Gasteiger charge is 2.29. The topological polar surface area (TPSA) is 87.3 Å². The molecule has 3 amide bonds. The highest BCUT2D eigenvalue weighted by molar-refractivity contribution is 6.06. The molecule has 2 aliphatic carbocycles. The number of aryl methyl sites for hydroxylation is 1. The van der Waals surface area contributed by atoms with Crippen molar-refractivity contribution in [2.45, 2.75) is 51.9 Å². The normalized spacial score (nSPS) is 16.4. The Morgan fingerprint density at radius 2 is 1.39 bits per heavy atom. The Morgan fingerprint density at radius 1 is 0.742 bits per heavy atom. The van der Waals surface area contributed by atoms with Crippen LogP contribution in [0.25, 0.3) is 0 Å². The fourth-order valence-electron chi connectivity index (χ4n) is 3.97. The molecule has 0 aromatic heterocycles. The van der Waals surface area contributed by atoms with E-state index in [1.54, 1.807) is 30.3 Å². The van der Waals surface area contributed by atoms with Gasteiger partial charge in [-0.3, -0.25) is 14.4 Å². The fraction of sp³-hybridized carbons (Fsp3) is 0.400. The van der Waals surface area contributed by atoms with Crippen LogP contribution in [0.5, 0.6) is 0 Å². The van der Waals surface area contributed by atoms with Crippen molar-refractivity contribution >= 4 is 34.8 Å². The number of hydrogen-bond acceptors (Lipinski definition) is 3. The number of hydrogen-bond donors (Lipinski definition) is 3. The average molecular weight is 420 g/mol. The first kappa shape index (κ1) is 21.1. The van der Waals surface area contributed by atoms with Gasteiger partial charge in [0.2, 0.25) is 11.8 Å². The number of nitrogens with one attached hydrogen (secondary N) is 3. The van der Waals surface area contributed by atoms with Crippen LogP contribution in [0.4, 0.5) is 17.1 Å². The van der Waals surface area contributed by atoms with E-state index in [9.17, 15) is 14.4 Å². The van der Waals surface area contributed by atoms with E-state index in [1.807, 2.05) is 19.1 Å². The van der Waals surface area contributed by atoms with Crippen LogP contribution in [-0.4, -0.2) is 17.7 Å². The lowest BCUT2D eigenvalue weighted by Gasteiger charge is -2.20. The van der Waals surface area contributed by atoms with Gasteiger partial charge in [-0.15, -0.1) is 0 Å². The Kier molecular flexibility index (Phi) is 6.35. The summed E-state index contributed by atoms with van der Waals surface area (Å²) in [7, 11) is 0. The first-order chi connectivity index (χ1) is 15.0. The summed E-state index contributed by atoms with van der Waals surface area (Å²) in [4.78, 5) is 37.4. The molecule has 6 heteroatoms. The van der Waals surface area contributed by atoms with E-state index in [-0.39, 0.29) is 29.6 Å². The van der Waals surface area contributed by atoms with Crippen LogP contribution in [0.15, 0.2) is 42.5 Å². The number of carbonyl (C=O) groups excluding carboxylic acids is 3. The second-order valence-electron chi connectivity index (χ2n) is 8.65. The van der Waals surface area contributed by atoms with E-state index in [1.165, 1.54) is 6.42 Å². The van der Waals surface area contributed by atoms with E-state index in [0.29, 0.717) is 22.6 Å². The highest BCUT2D eigenvalue weighted by Crippen LogP contribution is 2.31. The molecule has 0 unspecified atom stereocenters. The minimum Gasteiger partial charge on any atom is -0.326 e. The summed E-state index contributed by atoms with van der Waals surface area (Å²) in [5.74, 6) is -0.0225. The molecule has 0 saturated heterocycles. The van der Waals surface area contributed by atoms with Crippen molar-refractivity contribution in [2.75, 3.05) is 16.0 Å². The maximum Gasteiger partial charge on any atom is 0.255 e. The summed E-state index contributed by atoms with van der Waals surface area (Å²) in [6.45, 7) is 1.91. The van der Waals surface area contributed by atoms with Crippen LogP contribution in [0.1, 0.15) is 60.9 Å². The van der Waals surface area contributed by atoms with E-state index >= 15 is 0 Å². The van der Waals surface area contributed by atoms with Gasteiger partial charge in [0, 0.05) is 34.5 Å². The van der Waals surface area contributed by atoms with Crippen molar-refractivity contribution < 1.29 is 14.4 Å². The van der Waals surface area contributed by atoms with Gasteiger partial charge in [0.15, 0.2) is 0 Å². The Hall–Kier alpha value is -3.15. The maximum atomic E-state index is 12.8. The SMILES string of the molecule is Cc1ccc(NC(=O)C2CC2)cc1NC(=O)c1cccc(NC(=O)C2CCCCC2)c1. The zero-order valence-electron chi connectivity index (χ0n) is 17.9. The molecule has 0 aliphatic heterocycles. The summed E-state index contributed by atoms with van der Waals surface area (Å²) >= 11 is 0. The molecule has 0 atom stereocenters. The molecule has 2 aromatic rings. The number of anilines is 3. The average Bonchev–Trinajstić information content (AvgIpc) is 3.62. The third kappa shape index (κ3) is 5.51. The van der Waals surface area contributed by atoms with Crippen LogP contribution in [0, 0.1) is 18.8 Å². The predicted octanol–water partition coefficient (Wildman–Crippen LogP) is 5.11. The zero-order chi connectivity index (χ0) is 21.8. The van der Waals surface area contributed by atoms with Crippen molar-refractivity contribution in [1.29, 1.82) is 0 Å². The molecule has 162 valence electrons. The molecule has 4 rings (SSSR count). The molecular formula is C25H29N3O3. The molecule has 0 spiro atoms. The summed E-state index contributed by atoms with van der Waals surface area (Å²) in [6.07, 6.45) is 7.13. The monoisotopic (exact) mass is 419 g/mol. The van der Waals surface area contributed by atoms with Crippen LogP contribution < -0.4 is 16.0 Å². The molecule has 0 heterocycles. The van der Waals surface area contributed by atoms with Crippen molar-refractivity contribution in [1.82, 2.24) is 0 Å². The molecule has 2 aromatic carbocycles. The molecule has 0 bridgehead atoms. The van der Waals surface area contributed by atoms with E-state index in [0.717, 1.165) is 44.1 Å². The second-order valence-corrected chi connectivity index (χ2v) is 8.65. The number of benzene rings is 2. The molecule has 6 nitrogen and oxygen atoms in total. The number of amides is 3. The largest absolute Gasteiger partial charge is 0.326 e. The lowest BCUT2D eigenvalue weighted by molar-refractivity contribution is -0.120. The third-order valence-corrected chi connectivity index (χ3v) is 6.07. The van der Waals surface area contributed by atoms with Gasteiger partial charge in [-0.05, 0) is 68.5 Å². The van der Waals surface area contributed by atoms with Gasteiger partial charge >= 0.3 is 0 Å². The van der Waals surface area contributed by atoms with Crippen LogP contribution >= 0.6 is 0 Å². The van der Waals surface area contributed by atoms with Gasteiger partial charge in [0.05, 0.1) is 0 Å². The summed E-state index contributed by atoms with van der Waals surface area (Å²) in [6, 6.07) is 12.5. The van der Waals surface area contributed by atoms with E-state index < -0.39 is 0 Å². The Bertz CT molecular complexity index is 991. The van der Waals surface area contributed by atoms with Gasteiger partial charge in [0.1, 0.15) is 0 Å². The van der Waals surface area contributed by atoms with Crippen molar-refractivity contribution in [3.8, 4) is 0 Å². The molecule has 31 heavy (non-hydrogen) atoms. The summed E-state index contributed by atoms with van der Waals surface area (Å²) in [5.41, 5.74) is 3.32. The standard InChI is InChI=1S/C25H29N3O3/c1-16-10-13-21(27-24(30)18-11-12-18)15-22(16)28-25(31)19-8-5-9-20(14-19)26-23(29)17-6-3-2-4-7-17/h5,8-10,13-15,17-18H,2-4,6-7,11-12H2,1H3,(H,26,29)(H,27,30)(H,28,31). The van der Waals surface area contributed by atoms with Gasteiger partial charge in [-0.2, -0.15) is 0 Å². The first-order valence-electron chi connectivity index (χ1n) is 11.1. The molecule has 2 aliphatic rings. The zero-order valence-corrected chi connectivity index (χ0v) is 17.9. The van der Waals surface area contributed by atoms with Crippen molar-refractivity contribution in [3.63, 3.8) is 0 Å². The molecular weight excluding hydrogens is 390 g/mol. The fourth-order valence-corrected chi connectivity index (χ4v) is 3.97. The molecule has 3 N–H and O–H groups in total. The van der Waals surface area contributed by atoms with Gasteiger partial charge in [0.25, 0.3) is 5.91 Å². The van der Waals surface area contributed by atoms with Crippen LogP contribution in [0.2, 0.25) is 0 Å². The van der Waals surface area contributed by atoms with E-state index in [2.05, 4.69) is 16.0 Å². The minimum absolute atomic E-state index is 0.0301. The summed E-state index contributed by atoms with van der Waals surface area (Å²) < 4.78 is 0. The summed E-state index contributed by atoms with van der Waals surface area (Å²) in [5, 5.41) is 8.80. The van der Waals surface area contributed by atoms with Crippen molar-refractivity contribution in [2.24, 2.45) is 11.8 Å². The quantitative estimate of drug-likeness (QED) is 0.608. The first-order valence-corrected chi connectivity index (χ1v) is 11.1. The predicted molar refractivity (Wildman–Crippen MR) is 122 cm³/mol. The lowest BCUT2D eigenvalue weighted by atomic mass is 9.88. The van der Waals surface area contributed by atoms with E-state index in [4.69, 9.17) is 0 Å².